The van der Waals surface area contributed by atoms with Crippen molar-refractivity contribution in [3.63, 3.8) is 0 Å². The first-order chi connectivity index (χ1) is 15.8. The molecule has 1 N–H and O–H groups in total. The number of carboxylic acid groups (broad SMARTS) is 1. The second-order valence-corrected chi connectivity index (χ2v) is 7.50. The largest absolute Gasteiger partial charge is 0.472 e. The van der Waals surface area contributed by atoms with Gasteiger partial charge in [-0.25, -0.2) is 14.8 Å². The molecule has 3 aromatic rings. The third-order valence-electron chi connectivity index (χ3n) is 5.12. The average molecular weight is 455 g/mol. The van der Waals surface area contributed by atoms with E-state index < -0.39 is 24.1 Å². The summed E-state index contributed by atoms with van der Waals surface area (Å²) in [6.07, 6.45) is -6.02. The van der Waals surface area contributed by atoms with Gasteiger partial charge in [0.05, 0.1) is 17.9 Å². The molecule has 0 spiro atoms. The van der Waals surface area contributed by atoms with Crippen LogP contribution in [-0.4, -0.2) is 46.0 Å². The minimum absolute atomic E-state index is 0.0307. The second kappa shape index (κ2) is 9.32. The van der Waals surface area contributed by atoms with Crippen molar-refractivity contribution in [1.29, 1.82) is 0 Å². The Hall–Kier alpha value is -3.88. The van der Waals surface area contributed by atoms with Crippen LogP contribution in [0.5, 0.6) is 5.88 Å². The summed E-state index contributed by atoms with van der Waals surface area (Å²) in [6.45, 7) is 0.307. The van der Waals surface area contributed by atoms with Gasteiger partial charge in [-0.15, -0.1) is 0 Å². The fourth-order valence-corrected chi connectivity index (χ4v) is 3.55. The Morgan fingerprint density at radius 3 is 2.15 bits per heavy atom. The zero-order valence-corrected chi connectivity index (χ0v) is 17.4. The van der Waals surface area contributed by atoms with E-state index in [0.29, 0.717) is 12.1 Å². The molecule has 1 aromatic heterocycles. The van der Waals surface area contributed by atoms with Crippen molar-refractivity contribution in [2.24, 2.45) is 4.99 Å². The maximum absolute atomic E-state index is 13.6. The number of rotatable bonds is 5. The van der Waals surface area contributed by atoms with E-state index in [1.165, 1.54) is 6.07 Å². The molecule has 1 aliphatic rings. The van der Waals surface area contributed by atoms with E-state index in [2.05, 4.69) is 9.98 Å². The molecule has 33 heavy (non-hydrogen) atoms. The topological polar surface area (TPSA) is 75.0 Å². The number of amides is 1. The number of nitrogens with zero attached hydrogens (tertiary/aromatic N) is 3. The highest BCUT2D eigenvalue weighted by Gasteiger charge is 2.34. The number of ether oxygens (including phenoxy) is 1. The van der Waals surface area contributed by atoms with Crippen molar-refractivity contribution < 1.29 is 27.8 Å². The monoisotopic (exact) mass is 455 g/mol. The number of benzene rings is 2. The van der Waals surface area contributed by atoms with Crippen LogP contribution in [0.25, 0.3) is 0 Å². The maximum Gasteiger partial charge on any atom is 0.433 e. The second-order valence-electron chi connectivity index (χ2n) is 7.50. The van der Waals surface area contributed by atoms with Crippen LogP contribution in [0.2, 0.25) is 0 Å². The number of aliphatic imine (C=N–C) groups is 1. The van der Waals surface area contributed by atoms with Gasteiger partial charge >= 0.3 is 12.3 Å². The highest BCUT2D eigenvalue weighted by molar-refractivity contribution is 6.13. The fraction of sp³-hybridized carbons (Fsp3) is 0.208. The Labute approximate surface area is 188 Å². The number of halogens is 3. The van der Waals surface area contributed by atoms with Crippen molar-refractivity contribution in [2.45, 2.75) is 18.7 Å². The summed E-state index contributed by atoms with van der Waals surface area (Å²) in [6, 6.07) is 20.5. The third-order valence-corrected chi connectivity index (χ3v) is 5.12. The van der Waals surface area contributed by atoms with Crippen LogP contribution in [0.3, 0.4) is 0 Å². The van der Waals surface area contributed by atoms with E-state index >= 15 is 0 Å². The molecule has 0 radical (unpaired) electrons. The Morgan fingerprint density at radius 1 is 1.03 bits per heavy atom. The summed E-state index contributed by atoms with van der Waals surface area (Å²) < 4.78 is 46.3. The first-order valence-corrected chi connectivity index (χ1v) is 10.2. The molecule has 0 bridgehead atoms. The summed E-state index contributed by atoms with van der Waals surface area (Å²) in [5.74, 6) is -0.249. The number of pyridine rings is 1. The molecule has 1 fully saturated rings. The van der Waals surface area contributed by atoms with E-state index in [1.807, 2.05) is 60.7 Å². The fourth-order valence-electron chi connectivity index (χ4n) is 3.55. The lowest BCUT2D eigenvalue weighted by molar-refractivity contribution is -0.141. The smallest absolute Gasteiger partial charge is 0.433 e. The standard InChI is InChI=1S/C24H20F3N3O3/c25-24(26,27)20-13-18(14-21(29-20)33-19-11-12-30(15-19)23(31)32)28-22(16-7-3-1-4-8-16)17-9-5-2-6-10-17/h1-10,13-14,19H,11-12,15H2,(H,31,32). The summed E-state index contributed by atoms with van der Waals surface area (Å²) >= 11 is 0. The SMILES string of the molecule is O=C(O)N1CCC(Oc2cc(N=C(c3ccccc3)c3ccccc3)cc(C(F)(F)F)n2)C1. The van der Waals surface area contributed by atoms with E-state index in [1.54, 1.807) is 0 Å². The molecule has 1 amide bonds. The van der Waals surface area contributed by atoms with Crippen molar-refractivity contribution in [1.82, 2.24) is 9.88 Å². The Kier molecular flexibility index (Phi) is 6.30. The van der Waals surface area contributed by atoms with Crippen LogP contribution < -0.4 is 4.74 Å². The number of aromatic nitrogens is 1. The summed E-state index contributed by atoms with van der Waals surface area (Å²) in [5, 5.41) is 9.10. The van der Waals surface area contributed by atoms with Crippen LogP contribution in [0.4, 0.5) is 23.7 Å². The minimum atomic E-state index is -4.70. The molecule has 9 heteroatoms. The van der Waals surface area contributed by atoms with Crippen molar-refractivity contribution in [3.05, 3.63) is 89.6 Å². The van der Waals surface area contributed by atoms with Gasteiger partial charge in [0.2, 0.25) is 5.88 Å². The molecular formula is C24H20F3N3O3. The van der Waals surface area contributed by atoms with Crippen molar-refractivity contribution in [2.75, 3.05) is 13.1 Å². The predicted octanol–water partition coefficient (Wildman–Crippen LogP) is 5.40. The first kappa shape index (κ1) is 22.3. The van der Waals surface area contributed by atoms with Crippen molar-refractivity contribution in [3.8, 4) is 5.88 Å². The van der Waals surface area contributed by atoms with Crippen molar-refractivity contribution >= 4 is 17.5 Å². The Balaban J connectivity index is 1.74. The van der Waals surface area contributed by atoms with Crippen LogP contribution >= 0.6 is 0 Å². The zero-order chi connectivity index (χ0) is 23.4. The van der Waals surface area contributed by atoms with Gasteiger partial charge in [-0.3, -0.25) is 0 Å². The van der Waals surface area contributed by atoms with E-state index in [0.717, 1.165) is 22.1 Å². The van der Waals surface area contributed by atoms with Crippen LogP contribution in [0, 0.1) is 0 Å². The molecule has 2 heterocycles. The molecule has 6 nitrogen and oxygen atoms in total. The van der Waals surface area contributed by atoms with Gasteiger partial charge in [0.15, 0.2) is 5.69 Å². The molecule has 1 unspecified atom stereocenters. The number of hydrogen-bond acceptors (Lipinski definition) is 4. The quantitative estimate of drug-likeness (QED) is 0.523. The Morgan fingerprint density at radius 2 is 1.64 bits per heavy atom. The van der Waals surface area contributed by atoms with Gasteiger partial charge < -0.3 is 14.7 Å². The van der Waals surface area contributed by atoms with Gasteiger partial charge in [-0.2, -0.15) is 13.2 Å². The summed E-state index contributed by atoms with van der Waals surface area (Å²) in [5.41, 5.74) is 0.878. The zero-order valence-electron chi connectivity index (χ0n) is 17.4. The maximum atomic E-state index is 13.6. The average Bonchev–Trinajstić information content (AvgIpc) is 3.27. The van der Waals surface area contributed by atoms with Crippen LogP contribution in [0.1, 0.15) is 23.2 Å². The number of likely N-dealkylation sites (tertiary alicyclic amines) is 1. The van der Waals surface area contributed by atoms with Crippen LogP contribution in [0.15, 0.2) is 77.8 Å². The van der Waals surface area contributed by atoms with Gasteiger partial charge in [-0.05, 0) is 6.07 Å². The number of carbonyl (C=O) groups is 1. The molecular weight excluding hydrogens is 435 g/mol. The number of alkyl halides is 3. The Bertz CT molecular complexity index is 1110. The third kappa shape index (κ3) is 5.49. The van der Waals surface area contributed by atoms with E-state index in [4.69, 9.17) is 9.84 Å². The van der Waals surface area contributed by atoms with Crippen LogP contribution in [-0.2, 0) is 6.18 Å². The molecule has 170 valence electrons. The summed E-state index contributed by atoms with van der Waals surface area (Å²) in [4.78, 5) is 20.4. The highest BCUT2D eigenvalue weighted by atomic mass is 19.4. The lowest BCUT2D eigenvalue weighted by Gasteiger charge is -2.16. The molecule has 0 saturated carbocycles. The van der Waals surface area contributed by atoms with Gasteiger partial charge in [0.1, 0.15) is 6.10 Å². The minimum Gasteiger partial charge on any atom is -0.472 e. The molecule has 1 saturated heterocycles. The summed E-state index contributed by atoms with van der Waals surface area (Å²) in [7, 11) is 0. The molecule has 1 atom stereocenters. The van der Waals surface area contributed by atoms with Gasteiger partial charge in [0.25, 0.3) is 0 Å². The molecule has 1 aliphatic heterocycles. The van der Waals surface area contributed by atoms with E-state index in [-0.39, 0.29) is 24.7 Å². The van der Waals surface area contributed by atoms with E-state index in [9.17, 15) is 18.0 Å². The lowest BCUT2D eigenvalue weighted by atomic mass is 10.0. The molecule has 0 aliphatic carbocycles. The highest BCUT2D eigenvalue weighted by Crippen LogP contribution is 2.33. The predicted molar refractivity (Wildman–Crippen MR) is 116 cm³/mol. The molecule has 2 aromatic carbocycles. The van der Waals surface area contributed by atoms with Gasteiger partial charge in [0, 0.05) is 30.2 Å². The lowest BCUT2D eigenvalue weighted by Crippen LogP contribution is -2.29. The first-order valence-electron chi connectivity index (χ1n) is 10.2. The number of hydrogen-bond donors (Lipinski definition) is 1. The normalized spacial score (nSPS) is 15.8. The molecule has 4 rings (SSSR count). The van der Waals surface area contributed by atoms with Gasteiger partial charge in [-0.1, -0.05) is 60.7 Å².